The number of carbonyl (C=O) groups is 2. The smallest absolute Gasteiger partial charge is 0.344 e. The first-order chi connectivity index (χ1) is 16.5. The van der Waals surface area contributed by atoms with Gasteiger partial charge in [-0.2, -0.15) is 0 Å². The van der Waals surface area contributed by atoms with Crippen LogP contribution in [0.15, 0.2) is 85.7 Å². The number of ether oxygens (including phenoxy) is 2. The number of hydrogen-bond donors (Lipinski definition) is 0. The van der Waals surface area contributed by atoms with Crippen LogP contribution < -0.4 is 4.74 Å². The standard InChI is InChI=1S/C25H21BrN2O5S/c1-2-31-23(29)16-33-21-11-10-17(13-20(21)26)14-22-24(30)28(15-19-9-6-12-32-19)25(34-22)27-18-7-4-3-5-8-18/h3-14H,2,15-16H2,1H3/b22-14-,27-25?. The molecule has 1 amide bonds. The van der Waals surface area contributed by atoms with E-state index in [2.05, 4.69) is 20.9 Å². The first-order valence-corrected chi connectivity index (χ1v) is 12.1. The maximum Gasteiger partial charge on any atom is 0.344 e. The van der Waals surface area contributed by atoms with Crippen molar-refractivity contribution >= 4 is 56.5 Å². The van der Waals surface area contributed by atoms with Gasteiger partial charge >= 0.3 is 5.97 Å². The number of amidine groups is 1. The first-order valence-electron chi connectivity index (χ1n) is 10.5. The van der Waals surface area contributed by atoms with Crippen LogP contribution in [-0.4, -0.2) is 35.2 Å². The van der Waals surface area contributed by atoms with Gasteiger partial charge in [-0.1, -0.05) is 24.3 Å². The normalized spacial score (nSPS) is 15.8. The predicted molar refractivity (Wildman–Crippen MR) is 135 cm³/mol. The van der Waals surface area contributed by atoms with Gasteiger partial charge in [0.05, 0.1) is 34.5 Å². The minimum absolute atomic E-state index is 0.158. The van der Waals surface area contributed by atoms with Crippen molar-refractivity contribution in [1.82, 2.24) is 4.90 Å². The maximum atomic E-state index is 13.3. The lowest BCUT2D eigenvalue weighted by Gasteiger charge is -2.13. The number of rotatable bonds is 8. The molecule has 0 atom stereocenters. The van der Waals surface area contributed by atoms with Gasteiger partial charge in [-0.15, -0.1) is 0 Å². The number of furan rings is 1. The van der Waals surface area contributed by atoms with E-state index in [1.807, 2.05) is 48.5 Å². The molecule has 2 heterocycles. The monoisotopic (exact) mass is 540 g/mol. The first kappa shape index (κ1) is 23.8. The Kier molecular flexibility index (Phi) is 7.87. The van der Waals surface area contributed by atoms with Crippen molar-refractivity contribution in [3.05, 3.63) is 87.6 Å². The van der Waals surface area contributed by atoms with Crippen molar-refractivity contribution in [2.24, 2.45) is 4.99 Å². The van der Waals surface area contributed by atoms with Crippen molar-refractivity contribution in [3.63, 3.8) is 0 Å². The van der Waals surface area contributed by atoms with Crippen LogP contribution in [0.1, 0.15) is 18.2 Å². The number of nitrogens with zero attached hydrogens (tertiary/aromatic N) is 2. The molecule has 0 aliphatic carbocycles. The summed E-state index contributed by atoms with van der Waals surface area (Å²) in [4.78, 5) is 31.6. The Hall–Kier alpha value is -3.30. The number of hydrogen-bond acceptors (Lipinski definition) is 7. The number of halogens is 1. The van der Waals surface area contributed by atoms with E-state index in [4.69, 9.17) is 13.9 Å². The Morgan fingerprint density at radius 1 is 1.18 bits per heavy atom. The molecule has 174 valence electrons. The zero-order valence-corrected chi connectivity index (χ0v) is 20.7. The molecule has 1 aliphatic heterocycles. The lowest BCUT2D eigenvalue weighted by molar-refractivity contribution is -0.145. The van der Waals surface area contributed by atoms with Crippen LogP contribution in [0.25, 0.3) is 6.08 Å². The lowest BCUT2D eigenvalue weighted by Crippen LogP contribution is -2.28. The van der Waals surface area contributed by atoms with Gasteiger partial charge < -0.3 is 13.9 Å². The molecule has 1 fully saturated rings. The van der Waals surface area contributed by atoms with Crippen molar-refractivity contribution in [2.75, 3.05) is 13.2 Å². The number of esters is 1. The van der Waals surface area contributed by atoms with E-state index in [0.717, 1.165) is 11.3 Å². The summed E-state index contributed by atoms with van der Waals surface area (Å²) in [5, 5.41) is 0.576. The van der Waals surface area contributed by atoms with E-state index in [9.17, 15) is 9.59 Å². The summed E-state index contributed by atoms with van der Waals surface area (Å²) >= 11 is 4.77. The fourth-order valence-electron chi connectivity index (χ4n) is 3.12. The van der Waals surface area contributed by atoms with E-state index >= 15 is 0 Å². The molecule has 0 radical (unpaired) electrons. The molecule has 0 spiro atoms. The van der Waals surface area contributed by atoms with Crippen LogP contribution in [0.4, 0.5) is 5.69 Å². The van der Waals surface area contributed by atoms with Gasteiger partial charge in [0.15, 0.2) is 11.8 Å². The van der Waals surface area contributed by atoms with Gasteiger partial charge in [0.1, 0.15) is 11.5 Å². The molecule has 34 heavy (non-hydrogen) atoms. The molecule has 1 saturated heterocycles. The lowest BCUT2D eigenvalue weighted by atomic mass is 10.2. The summed E-state index contributed by atoms with van der Waals surface area (Å²) < 4.78 is 16.5. The summed E-state index contributed by atoms with van der Waals surface area (Å²) in [5.74, 6) is 0.582. The molecule has 0 saturated carbocycles. The maximum absolute atomic E-state index is 13.3. The minimum atomic E-state index is -0.435. The van der Waals surface area contributed by atoms with Gasteiger partial charge in [-0.25, -0.2) is 9.79 Å². The highest BCUT2D eigenvalue weighted by molar-refractivity contribution is 9.10. The summed E-state index contributed by atoms with van der Waals surface area (Å²) in [6.07, 6.45) is 3.38. The molecular formula is C25H21BrN2O5S. The number of thioether (sulfide) groups is 1. The third-order valence-corrected chi connectivity index (χ3v) is 6.29. The molecule has 0 N–H and O–H groups in total. The van der Waals surface area contributed by atoms with E-state index in [-0.39, 0.29) is 19.1 Å². The van der Waals surface area contributed by atoms with Gasteiger partial charge in [0.2, 0.25) is 0 Å². The number of carbonyl (C=O) groups excluding carboxylic acids is 2. The van der Waals surface area contributed by atoms with E-state index in [1.165, 1.54) is 11.8 Å². The van der Waals surface area contributed by atoms with Crippen molar-refractivity contribution < 1.29 is 23.5 Å². The molecule has 9 heteroatoms. The quantitative estimate of drug-likeness (QED) is 0.265. The number of amides is 1. The highest BCUT2D eigenvalue weighted by atomic mass is 79.9. The Morgan fingerprint density at radius 2 is 2.00 bits per heavy atom. The second kappa shape index (κ2) is 11.2. The molecule has 7 nitrogen and oxygen atoms in total. The Bertz CT molecular complexity index is 1230. The average molecular weight is 541 g/mol. The van der Waals surface area contributed by atoms with Crippen LogP contribution in [0.5, 0.6) is 5.75 Å². The number of para-hydroxylation sites is 1. The minimum Gasteiger partial charge on any atom is -0.481 e. The molecular weight excluding hydrogens is 520 g/mol. The predicted octanol–water partition coefficient (Wildman–Crippen LogP) is 5.79. The molecule has 4 rings (SSSR count). The molecule has 0 unspecified atom stereocenters. The Morgan fingerprint density at radius 3 is 2.71 bits per heavy atom. The van der Waals surface area contributed by atoms with Crippen LogP contribution >= 0.6 is 27.7 Å². The van der Waals surface area contributed by atoms with Crippen molar-refractivity contribution in [2.45, 2.75) is 13.5 Å². The second-order valence-electron chi connectivity index (χ2n) is 7.09. The van der Waals surface area contributed by atoms with Crippen molar-refractivity contribution in [3.8, 4) is 5.75 Å². The molecule has 0 bridgehead atoms. The number of benzene rings is 2. The SMILES string of the molecule is CCOC(=O)COc1ccc(/C=C2\SC(=Nc3ccccc3)N(Cc3ccco3)C2=O)cc1Br. The summed E-state index contributed by atoms with van der Waals surface area (Å²) in [7, 11) is 0. The van der Waals surface area contributed by atoms with E-state index < -0.39 is 5.97 Å². The van der Waals surface area contributed by atoms with Gasteiger partial charge in [0, 0.05) is 0 Å². The topological polar surface area (TPSA) is 81.3 Å². The van der Waals surface area contributed by atoms with Gasteiger partial charge in [-0.05, 0) is 82.7 Å². The molecule has 1 aromatic heterocycles. The largest absolute Gasteiger partial charge is 0.481 e. The zero-order chi connectivity index (χ0) is 23.9. The molecule has 1 aliphatic rings. The second-order valence-corrected chi connectivity index (χ2v) is 8.96. The fraction of sp³-hybridized carbons (Fsp3) is 0.160. The van der Waals surface area contributed by atoms with Gasteiger partial charge in [0.25, 0.3) is 5.91 Å². The molecule has 3 aromatic rings. The van der Waals surface area contributed by atoms with E-state index in [0.29, 0.717) is 32.7 Å². The Balaban J connectivity index is 1.56. The third kappa shape index (κ3) is 5.98. The van der Waals surface area contributed by atoms with Crippen LogP contribution in [0.3, 0.4) is 0 Å². The highest BCUT2D eigenvalue weighted by Gasteiger charge is 2.34. The summed E-state index contributed by atoms with van der Waals surface area (Å²) in [6, 6.07) is 18.5. The van der Waals surface area contributed by atoms with Crippen LogP contribution in [0, 0.1) is 0 Å². The Labute approximate surface area is 209 Å². The number of aliphatic imine (C=N–C) groups is 1. The zero-order valence-electron chi connectivity index (χ0n) is 18.3. The summed E-state index contributed by atoms with van der Waals surface area (Å²) in [5.41, 5.74) is 1.56. The van der Waals surface area contributed by atoms with Gasteiger partial charge in [-0.3, -0.25) is 9.69 Å². The third-order valence-electron chi connectivity index (χ3n) is 4.67. The van der Waals surface area contributed by atoms with Crippen LogP contribution in [-0.2, 0) is 20.9 Å². The fourth-order valence-corrected chi connectivity index (χ4v) is 4.63. The highest BCUT2D eigenvalue weighted by Crippen LogP contribution is 2.36. The van der Waals surface area contributed by atoms with Crippen LogP contribution in [0.2, 0.25) is 0 Å². The average Bonchev–Trinajstić information content (AvgIpc) is 3.44. The summed E-state index contributed by atoms with van der Waals surface area (Å²) in [6.45, 7) is 2.15. The van der Waals surface area contributed by atoms with Crippen molar-refractivity contribution in [1.29, 1.82) is 0 Å². The molecule has 2 aromatic carbocycles. The van der Waals surface area contributed by atoms with E-state index in [1.54, 1.807) is 36.3 Å².